The van der Waals surface area contributed by atoms with E-state index in [-0.39, 0.29) is 5.91 Å². The average molecular weight is 451 g/mol. The highest BCUT2D eigenvalue weighted by Crippen LogP contribution is 2.35. The van der Waals surface area contributed by atoms with Crippen molar-refractivity contribution in [3.8, 4) is 0 Å². The zero-order valence-electron chi connectivity index (χ0n) is 18.0. The molecule has 1 amide bonds. The number of anilines is 1. The summed E-state index contributed by atoms with van der Waals surface area (Å²) in [5, 5.41) is 4.56. The Hall–Kier alpha value is -2.43. The Morgan fingerprint density at radius 3 is 2.42 bits per heavy atom. The summed E-state index contributed by atoms with van der Waals surface area (Å²) in [5.74, 6) is -0.0839. The van der Waals surface area contributed by atoms with E-state index in [1.54, 1.807) is 11.3 Å². The Morgan fingerprint density at radius 1 is 1.00 bits per heavy atom. The number of halogens is 1. The van der Waals surface area contributed by atoms with Gasteiger partial charge in [0.25, 0.3) is 0 Å². The fraction of sp³-hybridized carbons (Fsp3) is 0.308. The Kier molecular flexibility index (Phi) is 6.89. The smallest absolute Gasteiger partial charge is 0.249 e. The van der Waals surface area contributed by atoms with Crippen LogP contribution in [0, 0.1) is 0 Å². The number of thiophene rings is 1. The quantitative estimate of drug-likeness (QED) is 0.427. The Bertz CT molecular complexity index is 1100. The van der Waals surface area contributed by atoms with Gasteiger partial charge in [0.15, 0.2) is 0 Å². The van der Waals surface area contributed by atoms with Crippen molar-refractivity contribution in [2.24, 2.45) is 4.99 Å². The third-order valence-electron chi connectivity index (χ3n) is 5.61. The van der Waals surface area contributed by atoms with E-state index in [0.717, 1.165) is 41.1 Å². The molecule has 5 heteroatoms. The van der Waals surface area contributed by atoms with Crippen molar-refractivity contribution < 1.29 is 4.79 Å². The van der Waals surface area contributed by atoms with E-state index in [9.17, 15) is 4.79 Å². The molecule has 1 aromatic heterocycles. The highest BCUT2D eigenvalue weighted by molar-refractivity contribution is 7.16. The van der Waals surface area contributed by atoms with E-state index in [4.69, 9.17) is 16.6 Å². The van der Waals surface area contributed by atoms with E-state index < -0.39 is 6.04 Å². The van der Waals surface area contributed by atoms with Gasteiger partial charge in [-0.25, -0.2) is 0 Å². The predicted molar refractivity (Wildman–Crippen MR) is 132 cm³/mol. The molecule has 3 nitrogen and oxygen atoms in total. The first-order valence-electron chi connectivity index (χ1n) is 10.9. The lowest BCUT2D eigenvalue weighted by molar-refractivity contribution is -0.116. The van der Waals surface area contributed by atoms with Gasteiger partial charge in [-0.1, -0.05) is 67.4 Å². The number of aryl methyl sites for hydroxylation is 3. The molecule has 1 N–H and O–H groups in total. The van der Waals surface area contributed by atoms with E-state index in [1.807, 2.05) is 31.2 Å². The fourth-order valence-electron chi connectivity index (χ4n) is 3.76. The van der Waals surface area contributed by atoms with Crippen LogP contribution in [0.1, 0.15) is 53.8 Å². The Labute approximate surface area is 193 Å². The van der Waals surface area contributed by atoms with E-state index in [2.05, 4.69) is 42.6 Å². The number of nitrogens with one attached hydrogen (secondary N) is 1. The molecule has 160 valence electrons. The molecule has 0 spiro atoms. The number of nitrogens with zero attached hydrogens (tertiary/aromatic N) is 1. The molecule has 31 heavy (non-hydrogen) atoms. The van der Waals surface area contributed by atoms with Gasteiger partial charge in [0.05, 0.1) is 5.71 Å². The molecular weight excluding hydrogens is 424 g/mol. The van der Waals surface area contributed by atoms with Crippen LogP contribution >= 0.6 is 22.9 Å². The SMILES string of the molecule is CCCCc1ccc(CCc2cc3c(s2)NC(=O)C(C)N=C3c2ccccc2Cl)cc1. The molecule has 1 unspecified atom stereocenters. The lowest BCUT2D eigenvalue weighted by atomic mass is 10.0. The molecular formula is C26H27ClN2OS. The number of aliphatic imine (C=N–C) groups is 1. The van der Waals surface area contributed by atoms with Crippen LogP contribution in [0.4, 0.5) is 5.00 Å². The van der Waals surface area contributed by atoms with Gasteiger partial charge in [-0.3, -0.25) is 9.79 Å². The van der Waals surface area contributed by atoms with Crippen molar-refractivity contribution in [3.63, 3.8) is 0 Å². The number of carbonyl (C=O) groups is 1. The van der Waals surface area contributed by atoms with Gasteiger partial charge < -0.3 is 5.32 Å². The summed E-state index contributed by atoms with van der Waals surface area (Å²) in [5.41, 5.74) is 5.35. The molecule has 0 bridgehead atoms. The number of amides is 1. The zero-order valence-corrected chi connectivity index (χ0v) is 19.5. The van der Waals surface area contributed by atoms with Crippen molar-refractivity contribution in [1.82, 2.24) is 0 Å². The molecule has 3 aromatic rings. The standard InChI is InChI=1S/C26H27ClN2OS/c1-3-4-7-18-10-12-19(13-11-18)14-15-20-16-22-24(21-8-5-6-9-23(21)27)28-17(2)25(30)29-26(22)31-20/h5-6,8-13,16-17H,3-4,7,14-15H2,1-2H3,(H,29,30). The maximum atomic E-state index is 12.5. The Morgan fingerprint density at radius 2 is 1.71 bits per heavy atom. The van der Waals surface area contributed by atoms with Gasteiger partial charge in [-0.15, -0.1) is 11.3 Å². The minimum absolute atomic E-state index is 0.0839. The monoisotopic (exact) mass is 450 g/mol. The fourth-order valence-corrected chi connectivity index (χ4v) is 5.05. The van der Waals surface area contributed by atoms with Gasteiger partial charge >= 0.3 is 0 Å². The number of carbonyl (C=O) groups excluding carboxylic acids is 1. The minimum atomic E-state index is -0.458. The van der Waals surface area contributed by atoms with E-state index in [0.29, 0.717) is 5.02 Å². The third-order valence-corrected chi connectivity index (χ3v) is 7.05. The molecule has 0 saturated heterocycles. The lowest BCUT2D eigenvalue weighted by Crippen LogP contribution is -2.22. The second-order valence-electron chi connectivity index (χ2n) is 8.00. The maximum absolute atomic E-state index is 12.5. The van der Waals surface area contributed by atoms with Crippen molar-refractivity contribution in [2.45, 2.75) is 52.0 Å². The minimum Gasteiger partial charge on any atom is -0.315 e. The summed E-state index contributed by atoms with van der Waals surface area (Å²) < 4.78 is 0. The topological polar surface area (TPSA) is 41.5 Å². The Balaban J connectivity index is 1.56. The molecule has 0 saturated carbocycles. The molecule has 2 aromatic carbocycles. The van der Waals surface area contributed by atoms with Crippen molar-refractivity contribution in [2.75, 3.05) is 5.32 Å². The lowest BCUT2D eigenvalue weighted by Gasteiger charge is -2.08. The summed E-state index contributed by atoms with van der Waals surface area (Å²) in [4.78, 5) is 18.4. The van der Waals surface area contributed by atoms with Crippen LogP contribution in [0.25, 0.3) is 0 Å². The highest BCUT2D eigenvalue weighted by Gasteiger charge is 2.26. The first-order valence-corrected chi connectivity index (χ1v) is 12.1. The third kappa shape index (κ3) is 5.08. The van der Waals surface area contributed by atoms with Gasteiger partial charge in [-0.05, 0) is 55.9 Å². The summed E-state index contributed by atoms with van der Waals surface area (Å²) in [6, 6.07) is 18.4. The molecule has 1 aliphatic heterocycles. The van der Waals surface area contributed by atoms with E-state index in [1.165, 1.54) is 28.8 Å². The van der Waals surface area contributed by atoms with Crippen molar-refractivity contribution in [1.29, 1.82) is 0 Å². The highest BCUT2D eigenvalue weighted by atomic mass is 35.5. The first-order chi connectivity index (χ1) is 15.0. The number of hydrogen-bond acceptors (Lipinski definition) is 3. The van der Waals surface area contributed by atoms with Crippen LogP contribution in [0.3, 0.4) is 0 Å². The summed E-state index contributed by atoms with van der Waals surface area (Å²) in [7, 11) is 0. The van der Waals surface area contributed by atoms with E-state index >= 15 is 0 Å². The number of benzene rings is 2. The molecule has 0 radical (unpaired) electrons. The number of unbranched alkanes of at least 4 members (excludes halogenated alkanes) is 1. The van der Waals surface area contributed by atoms with Gasteiger partial charge in [0.1, 0.15) is 11.0 Å². The second kappa shape index (κ2) is 9.80. The molecule has 1 atom stereocenters. The number of rotatable bonds is 7. The van der Waals surface area contributed by atoms with Gasteiger partial charge in [-0.2, -0.15) is 0 Å². The summed E-state index contributed by atoms with van der Waals surface area (Å²) in [6.45, 7) is 4.04. The molecule has 1 aliphatic rings. The predicted octanol–water partition coefficient (Wildman–Crippen LogP) is 6.71. The van der Waals surface area contributed by atoms with Gasteiger partial charge in [0, 0.05) is 21.0 Å². The summed E-state index contributed by atoms with van der Waals surface area (Å²) in [6.07, 6.45) is 5.50. The molecule has 4 rings (SSSR count). The van der Waals surface area contributed by atoms with Crippen LogP contribution in [-0.2, 0) is 24.1 Å². The first kappa shape index (κ1) is 21.8. The van der Waals surface area contributed by atoms with Crippen LogP contribution in [0.5, 0.6) is 0 Å². The maximum Gasteiger partial charge on any atom is 0.249 e. The number of fused-ring (bicyclic) bond motifs is 1. The number of hydrogen-bond donors (Lipinski definition) is 1. The van der Waals surface area contributed by atoms with Crippen molar-refractivity contribution >= 4 is 39.6 Å². The molecule has 2 heterocycles. The molecule has 0 fully saturated rings. The van der Waals surface area contributed by atoms with Crippen molar-refractivity contribution in [3.05, 3.63) is 86.8 Å². The summed E-state index contributed by atoms with van der Waals surface area (Å²) >= 11 is 8.11. The normalized spacial score (nSPS) is 15.8. The van der Waals surface area contributed by atoms with Crippen LogP contribution in [0.2, 0.25) is 5.02 Å². The molecule has 0 aliphatic carbocycles. The van der Waals surface area contributed by atoms with Crippen LogP contribution in [-0.4, -0.2) is 17.7 Å². The largest absolute Gasteiger partial charge is 0.315 e. The zero-order chi connectivity index (χ0) is 21.8. The van der Waals surface area contributed by atoms with Crippen LogP contribution < -0.4 is 5.32 Å². The average Bonchev–Trinajstić information content (AvgIpc) is 3.13. The second-order valence-corrected chi connectivity index (χ2v) is 9.54. The van der Waals surface area contributed by atoms with Gasteiger partial charge in [0.2, 0.25) is 5.91 Å². The van der Waals surface area contributed by atoms with Crippen LogP contribution in [0.15, 0.2) is 59.6 Å².